The molecule has 0 N–H and O–H groups in total. The van der Waals surface area contributed by atoms with E-state index in [9.17, 15) is 9.00 Å². The smallest absolute Gasteiger partial charge is 0.427 e. The van der Waals surface area contributed by atoms with Crippen molar-refractivity contribution in [1.82, 2.24) is 0 Å². The Labute approximate surface area is 86.6 Å². The molecule has 0 saturated heterocycles. The van der Waals surface area contributed by atoms with Gasteiger partial charge in [0.2, 0.25) is 0 Å². The minimum Gasteiger partial charge on any atom is -0.427 e. The largest absolute Gasteiger partial charge is 0.505 e. The standard InChI is InChI=1S/C10H11O3S/c1-2-3-10(11)13-8-4-6-9(14-12)7-5-8/h4-7H,2-3H2,1H3/q+1. The third kappa shape index (κ3) is 3.22. The van der Waals surface area contributed by atoms with Crippen molar-refractivity contribution in [2.45, 2.75) is 24.7 Å². The van der Waals surface area contributed by atoms with Gasteiger partial charge in [-0.05, 0) is 18.6 Å². The molecule has 0 fully saturated rings. The molecule has 4 heteroatoms. The molecule has 74 valence electrons. The first-order valence-electron chi connectivity index (χ1n) is 4.37. The lowest BCUT2D eigenvalue weighted by molar-refractivity contribution is -0.134. The molecule has 0 amide bonds. The summed E-state index contributed by atoms with van der Waals surface area (Å²) in [6.07, 6.45) is 1.19. The quantitative estimate of drug-likeness (QED) is 0.435. The summed E-state index contributed by atoms with van der Waals surface area (Å²) in [7, 11) is 0. The lowest BCUT2D eigenvalue weighted by Crippen LogP contribution is -2.06. The second-order valence-corrected chi connectivity index (χ2v) is 3.42. The van der Waals surface area contributed by atoms with Gasteiger partial charge in [-0.25, -0.2) is 0 Å². The summed E-state index contributed by atoms with van der Waals surface area (Å²) in [5.74, 6) is 0.247. The maximum atomic E-state index is 11.1. The van der Waals surface area contributed by atoms with Gasteiger partial charge >= 0.3 is 17.6 Å². The summed E-state index contributed by atoms with van der Waals surface area (Å²) in [5.41, 5.74) is 0. The molecule has 1 rings (SSSR count). The van der Waals surface area contributed by atoms with Crippen LogP contribution in [0.25, 0.3) is 0 Å². The first kappa shape index (κ1) is 10.8. The van der Waals surface area contributed by atoms with E-state index < -0.39 is 0 Å². The fourth-order valence-corrected chi connectivity index (χ4v) is 1.20. The first-order chi connectivity index (χ1) is 6.76. The van der Waals surface area contributed by atoms with E-state index in [1.807, 2.05) is 6.92 Å². The van der Waals surface area contributed by atoms with Gasteiger partial charge < -0.3 is 4.74 Å². The van der Waals surface area contributed by atoms with Crippen molar-refractivity contribution in [2.24, 2.45) is 0 Å². The van der Waals surface area contributed by atoms with Crippen molar-refractivity contribution < 1.29 is 13.7 Å². The predicted molar refractivity (Wildman–Crippen MR) is 53.3 cm³/mol. The highest BCUT2D eigenvalue weighted by Crippen LogP contribution is 2.13. The number of hydrogen-bond acceptors (Lipinski definition) is 3. The molecule has 0 aliphatic heterocycles. The maximum Gasteiger partial charge on any atom is 0.505 e. The van der Waals surface area contributed by atoms with Crippen LogP contribution < -0.4 is 4.74 Å². The van der Waals surface area contributed by atoms with Gasteiger partial charge in [-0.15, -0.1) is 0 Å². The minimum absolute atomic E-state index is 0.241. The Bertz CT molecular complexity index is 319. The van der Waals surface area contributed by atoms with E-state index in [4.69, 9.17) is 4.74 Å². The van der Waals surface area contributed by atoms with E-state index in [2.05, 4.69) is 0 Å². The molecule has 0 radical (unpaired) electrons. The average molecular weight is 211 g/mol. The number of ether oxygens (including phenoxy) is 1. The molecule has 14 heavy (non-hydrogen) atoms. The van der Waals surface area contributed by atoms with Crippen LogP contribution in [0.15, 0.2) is 29.2 Å². The van der Waals surface area contributed by atoms with Gasteiger partial charge in [0.25, 0.3) is 4.90 Å². The highest BCUT2D eigenvalue weighted by Gasteiger charge is 2.07. The number of rotatable bonds is 4. The van der Waals surface area contributed by atoms with Gasteiger partial charge in [0.15, 0.2) is 0 Å². The molecule has 0 heterocycles. The summed E-state index contributed by atoms with van der Waals surface area (Å²) >= 11 is 0.416. The molecule has 3 nitrogen and oxygen atoms in total. The van der Waals surface area contributed by atoms with E-state index in [0.717, 1.165) is 6.42 Å². The van der Waals surface area contributed by atoms with Crippen molar-refractivity contribution in [3.05, 3.63) is 24.3 Å². The van der Waals surface area contributed by atoms with Crippen LogP contribution >= 0.6 is 0 Å². The molecule has 0 atom stereocenters. The van der Waals surface area contributed by atoms with Crippen molar-refractivity contribution in [3.8, 4) is 5.75 Å². The van der Waals surface area contributed by atoms with Gasteiger partial charge in [-0.1, -0.05) is 6.92 Å². The summed E-state index contributed by atoms with van der Waals surface area (Å²) < 4.78 is 15.4. The fraction of sp³-hybridized carbons (Fsp3) is 0.300. The zero-order valence-electron chi connectivity index (χ0n) is 7.86. The van der Waals surface area contributed by atoms with Gasteiger partial charge in [0.05, 0.1) is 0 Å². The molecule has 1 aromatic carbocycles. The highest BCUT2D eigenvalue weighted by molar-refractivity contribution is 7.65. The van der Waals surface area contributed by atoms with E-state index in [1.54, 1.807) is 24.3 Å². The summed E-state index contributed by atoms with van der Waals surface area (Å²) in [4.78, 5) is 11.7. The Hall–Kier alpha value is -1.29. The number of carbonyl (C=O) groups is 1. The molecule has 1 aromatic rings. The highest BCUT2D eigenvalue weighted by atomic mass is 32.1. The maximum absolute atomic E-state index is 11.1. The zero-order chi connectivity index (χ0) is 10.4. The SMILES string of the molecule is CCCC(=O)Oc1ccc([S+]=O)cc1. The Morgan fingerprint density at radius 1 is 1.36 bits per heavy atom. The van der Waals surface area contributed by atoms with Crippen LogP contribution in [0.1, 0.15) is 19.8 Å². The minimum atomic E-state index is -0.241. The molecule has 0 spiro atoms. The van der Waals surface area contributed by atoms with Crippen LogP contribution in [0.4, 0.5) is 0 Å². The van der Waals surface area contributed by atoms with E-state index in [-0.39, 0.29) is 5.97 Å². The number of esters is 1. The molecule has 0 aromatic heterocycles. The average Bonchev–Trinajstić information content (AvgIpc) is 2.19. The van der Waals surface area contributed by atoms with Crippen molar-refractivity contribution in [3.63, 3.8) is 0 Å². The van der Waals surface area contributed by atoms with E-state index >= 15 is 0 Å². The van der Waals surface area contributed by atoms with Gasteiger partial charge in [-0.3, -0.25) is 4.79 Å². The Balaban J connectivity index is 2.59. The number of carbonyl (C=O) groups excluding carboxylic acids is 1. The number of benzene rings is 1. The fourth-order valence-electron chi connectivity index (χ4n) is 0.950. The molecule has 0 aliphatic rings. The second kappa shape index (κ2) is 5.44. The summed E-state index contributed by atoms with van der Waals surface area (Å²) in [6.45, 7) is 1.92. The van der Waals surface area contributed by atoms with Crippen molar-refractivity contribution in [2.75, 3.05) is 0 Å². The molecule has 0 bridgehead atoms. The monoisotopic (exact) mass is 211 g/mol. The molecule has 0 saturated carbocycles. The lowest BCUT2D eigenvalue weighted by atomic mass is 10.3. The van der Waals surface area contributed by atoms with Crippen LogP contribution in [0.2, 0.25) is 0 Å². The van der Waals surface area contributed by atoms with Crippen LogP contribution in [0.3, 0.4) is 0 Å². The predicted octanol–water partition coefficient (Wildman–Crippen LogP) is 2.18. The van der Waals surface area contributed by atoms with Crippen LogP contribution in [-0.2, 0) is 20.7 Å². The van der Waals surface area contributed by atoms with E-state index in [1.165, 1.54) is 0 Å². The normalized spacial score (nSPS) is 9.50. The van der Waals surface area contributed by atoms with Crippen molar-refractivity contribution in [1.29, 1.82) is 0 Å². The summed E-state index contributed by atoms with van der Waals surface area (Å²) in [5, 5.41) is 0. The zero-order valence-corrected chi connectivity index (χ0v) is 8.67. The molecule has 0 aliphatic carbocycles. The van der Waals surface area contributed by atoms with Gasteiger partial charge in [0.1, 0.15) is 5.75 Å². The van der Waals surface area contributed by atoms with Crippen molar-refractivity contribution >= 4 is 17.6 Å². The van der Waals surface area contributed by atoms with Gasteiger partial charge in [-0.2, -0.15) is 0 Å². The Morgan fingerprint density at radius 2 is 2.00 bits per heavy atom. The van der Waals surface area contributed by atoms with Crippen LogP contribution in [-0.4, -0.2) is 5.97 Å². The number of hydrogen-bond donors (Lipinski definition) is 0. The third-order valence-electron chi connectivity index (χ3n) is 1.61. The topological polar surface area (TPSA) is 43.4 Å². The van der Waals surface area contributed by atoms with Crippen LogP contribution in [0, 0.1) is 0 Å². The Kier molecular flexibility index (Phi) is 4.19. The Morgan fingerprint density at radius 3 is 2.50 bits per heavy atom. The van der Waals surface area contributed by atoms with E-state index in [0.29, 0.717) is 28.7 Å². The summed E-state index contributed by atoms with van der Waals surface area (Å²) in [6, 6.07) is 6.50. The molecule has 0 unspecified atom stereocenters. The van der Waals surface area contributed by atoms with Gasteiger partial charge in [0, 0.05) is 22.8 Å². The third-order valence-corrected chi connectivity index (χ3v) is 2.07. The van der Waals surface area contributed by atoms with Crippen LogP contribution in [0.5, 0.6) is 5.75 Å². The molecular weight excluding hydrogens is 200 g/mol. The first-order valence-corrected chi connectivity index (χ1v) is 5.11. The second-order valence-electron chi connectivity index (χ2n) is 2.78. The molecular formula is C10H11O3S+. The lowest BCUT2D eigenvalue weighted by Gasteiger charge is -2.01.